The first kappa shape index (κ1) is 16.7. The summed E-state index contributed by atoms with van der Waals surface area (Å²) in [6, 6.07) is 9.13. The van der Waals surface area contributed by atoms with E-state index in [4.69, 9.17) is 4.74 Å². The quantitative estimate of drug-likeness (QED) is 0.672. The number of alkyl halides is 3. The number of ether oxygens (including phenoxy) is 2. The fourth-order valence-electron chi connectivity index (χ4n) is 2.04. The molecule has 130 valence electrons. The van der Waals surface area contributed by atoms with Crippen molar-refractivity contribution in [2.75, 3.05) is 7.11 Å². The third kappa shape index (κ3) is 3.67. The minimum atomic E-state index is -4.68. The molecular weight excluding hydrogens is 341 g/mol. The molecule has 0 bridgehead atoms. The van der Waals surface area contributed by atoms with Crippen LogP contribution in [0.1, 0.15) is 11.4 Å². The van der Waals surface area contributed by atoms with E-state index in [1.54, 1.807) is 24.3 Å². The summed E-state index contributed by atoms with van der Waals surface area (Å²) in [5, 5.41) is 10.3. The smallest absolute Gasteiger partial charge is 0.453 e. The van der Waals surface area contributed by atoms with Gasteiger partial charge in [0, 0.05) is 6.07 Å². The van der Waals surface area contributed by atoms with Gasteiger partial charge in [-0.1, -0.05) is 12.1 Å². The zero-order valence-corrected chi connectivity index (χ0v) is 12.8. The molecule has 2 heterocycles. The van der Waals surface area contributed by atoms with Gasteiger partial charge in [-0.25, -0.2) is 0 Å². The number of benzene rings is 1. The summed E-state index contributed by atoms with van der Waals surface area (Å²) in [4.78, 5) is 11.2. The largest absolute Gasteiger partial charge is 0.469 e. The van der Waals surface area contributed by atoms with Crippen LogP contribution in [0.4, 0.5) is 13.2 Å². The maximum absolute atomic E-state index is 12.8. The molecular formula is C15H11F3N4O3. The monoisotopic (exact) mass is 352 g/mol. The SMILES string of the molecule is COC(=O)Cc1ccc(Oc2ccc3nnc(C(F)(F)F)n3n2)cc1. The van der Waals surface area contributed by atoms with Crippen LogP contribution in [-0.4, -0.2) is 32.9 Å². The maximum atomic E-state index is 12.8. The van der Waals surface area contributed by atoms with Gasteiger partial charge in [-0.15, -0.1) is 15.3 Å². The van der Waals surface area contributed by atoms with Gasteiger partial charge in [0.05, 0.1) is 13.5 Å². The van der Waals surface area contributed by atoms with Crippen molar-refractivity contribution in [2.24, 2.45) is 0 Å². The molecule has 3 rings (SSSR count). The highest BCUT2D eigenvalue weighted by molar-refractivity contribution is 5.72. The first-order chi connectivity index (χ1) is 11.9. The van der Waals surface area contributed by atoms with E-state index in [9.17, 15) is 18.0 Å². The third-order valence-electron chi connectivity index (χ3n) is 3.21. The molecule has 0 saturated heterocycles. The second-order valence-corrected chi connectivity index (χ2v) is 4.96. The molecule has 0 fully saturated rings. The van der Waals surface area contributed by atoms with Gasteiger partial charge in [0.2, 0.25) is 5.88 Å². The van der Waals surface area contributed by atoms with Crippen molar-refractivity contribution in [2.45, 2.75) is 12.6 Å². The van der Waals surface area contributed by atoms with Crippen LogP contribution in [0, 0.1) is 0 Å². The molecule has 0 aliphatic carbocycles. The predicted octanol–water partition coefficient (Wildman–Crippen LogP) is 2.65. The van der Waals surface area contributed by atoms with Crippen LogP contribution < -0.4 is 4.74 Å². The van der Waals surface area contributed by atoms with Crippen molar-refractivity contribution in [3.8, 4) is 11.6 Å². The molecule has 1 aromatic carbocycles. The van der Waals surface area contributed by atoms with E-state index >= 15 is 0 Å². The van der Waals surface area contributed by atoms with Gasteiger partial charge in [-0.3, -0.25) is 4.79 Å². The van der Waals surface area contributed by atoms with Crippen LogP contribution in [-0.2, 0) is 22.1 Å². The summed E-state index contributed by atoms with van der Waals surface area (Å²) < 4.78 is 49.1. The summed E-state index contributed by atoms with van der Waals surface area (Å²) >= 11 is 0. The Balaban J connectivity index is 1.82. The van der Waals surface area contributed by atoms with Gasteiger partial charge < -0.3 is 9.47 Å². The maximum Gasteiger partial charge on any atom is 0.453 e. The van der Waals surface area contributed by atoms with Gasteiger partial charge in [-0.2, -0.15) is 17.7 Å². The number of fused-ring (bicyclic) bond motifs is 1. The van der Waals surface area contributed by atoms with Crippen molar-refractivity contribution in [1.82, 2.24) is 19.8 Å². The second-order valence-electron chi connectivity index (χ2n) is 4.96. The highest BCUT2D eigenvalue weighted by Gasteiger charge is 2.37. The van der Waals surface area contributed by atoms with Gasteiger partial charge in [0.25, 0.3) is 5.82 Å². The topological polar surface area (TPSA) is 78.6 Å². The third-order valence-corrected chi connectivity index (χ3v) is 3.21. The molecule has 0 radical (unpaired) electrons. The first-order valence-corrected chi connectivity index (χ1v) is 7.00. The molecule has 2 aromatic heterocycles. The molecule has 7 nitrogen and oxygen atoms in total. The van der Waals surface area contributed by atoms with E-state index in [0.717, 1.165) is 0 Å². The Morgan fingerprint density at radius 1 is 1.12 bits per heavy atom. The standard InChI is InChI=1S/C15H11F3N4O3/c1-24-13(23)8-9-2-4-10(5-3-9)25-12-7-6-11-19-20-14(15(16,17)18)22(11)21-12/h2-7H,8H2,1H3. The van der Waals surface area contributed by atoms with E-state index in [0.29, 0.717) is 15.8 Å². The minimum Gasteiger partial charge on any atom is -0.469 e. The predicted molar refractivity (Wildman–Crippen MR) is 78.0 cm³/mol. The Bertz CT molecular complexity index is 907. The van der Waals surface area contributed by atoms with Gasteiger partial charge in [-0.05, 0) is 23.8 Å². The van der Waals surface area contributed by atoms with Crippen molar-refractivity contribution in [3.05, 3.63) is 47.8 Å². The lowest BCUT2D eigenvalue weighted by atomic mass is 10.1. The zero-order chi connectivity index (χ0) is 18.0. The van der Waals surface area contributed by atoms with Crippen LogP contribution in [0.3, 0.4) is 0 Å². The zero-order valence-electron chi connectivity index (χ0n) is 12.8. The van der Waals surface area contributed by atoms with E-state index < -0.39 is 12.0 Å². The van der Waals surface area contributed by atoms with E-state index in [1.165, 1.54) is 19.2 Å². The molecule has 0 N–H and O–H groups in total. The Labute approximate surface area is 139 Å². The minimum absolute atomic E-state index is 0.0481. The van der Waals surface area contributed by atoms with Gasteiger partial charge in [0.15, 0.2) is 5.65 Å². The Kier molecular flexibility index (Phi) is 4.26. The molecule has 0 aliphatic heterocycles. The van der Waals surface area contributed by atoms with Crippen molar-refractivity contribution in [3.63, 3.8) is 0 Å². The first-order valence-electron chi connectivity index (χ1n) is 7.00. The number of hydrogen-bond acceptors (Lipinski definition) is 6. The molecule has 0 aliphatic rings. The second kappa shape index (κ2) is 6.38. The van der Waals surface area contributed by atoms with E-state index in [1.807, 2.05) is 0 Å². The number of methoxy groups -OCH3 is 1. The lowest BCUT2D eigenvalue weighted by Crippen LogP contribution is -2.12. The highest BCUT2D eigenvalue weighted by Crippen LogP contribution is 2.28. The average molecular weight is 352 g/mol. The number of hydrogen-bond donors (Lipinski definition) is 0. The Morgan fingerprint density at radius 2 is 1.84 bits per heavy atom. The molecule has 0 unspecified atom stereocenters. The van der Waals surface area contributed by atoms with Crippen molar-refractivity contribution >= 4 is 11.6 Å². The van der Waals surface area contributed by atoms with E-state index in [-0.39, 0.29) is 23.9 Å². The molecule has 25 heavy (non-hydrogen) atoms. The molecule has 0 spiro atoms. The summed E-state index contributed by atoms with van der Waals surface area (Å²) in [6.07, 6.45) is -4.57. The fourth-order valence-corrected chi connectivity index (χ4v) is 2.04. The number of nitrogens with zero attached hydrogens (tertiary/aromatic N) is 4. The number of rotatable bonds is 4. The number of carbonyl (C=O) groups excluding carboxylic acids is 1. The lowest BCUT2D eigenvalue weighted by molar-refractivity contribution is -0.146. The van der Waals surface area contributed by atoms with Crippen LogP contribution in [0.2, 0.25) is 0 Å². The lowest BCUT2D eigenvalue weighted by Gasteiger charge is -2.07. The molecule has 3 aromatic rings. The van der Waals surface area contributed by atoms with Crippen LogP contribution >= 0.6 is 0 Å². The fraction of sp³-hybridized carbons (Fsp3) is 0.200. The van der Waals surface area contributed by atoms with Crippen molar-refractivity contribution in [1.29, 1.82) is 0 Å². The number of esters is 1. The summed E-state index contributed by atoms with van der Waals surface area (Å²) in [5.41, 5.74) is 0.661. The Morgan fingerprint density at radius 3 is 2.48 bits per heavy atom. The Hall–Kier alpha value is -3.17. The number of aromatic nitrogens is 4. The van der Waals surface area contributed by atoms with Crippen LogP contribution in [0.25, 0.3) is 5.65 Å². The highest BCUT2D eigenvalue weighted by atomic mass is 19.4. The van der Waals surface area contributed by atoms with Gasteiger partial charge >= 0.3 is 12.1 Å². The van der Waals surface area contributed by atoms with Crippen LogP contribution in [0.15, 0.2) is 36.4 Å². The van der Waals surface area contributed by atoms with E-state index in [2.05, 4.69) is 20.0 Å². The normalized spacial score (nSPS) is 11.5. The number of carbonyl (C=O) groups is 1. The number of halogens is 3. The summed E-state index contributed by atoms with van der Waals surface area (Å²) in [6.45, 7) is 0. The van der Waals surface area contributed by atoms with Crippen LogP contribution in [0.5, 0.6) is 11.6 Å². The summed E-state index contributed by atoms with van der Waals surface area (Å²) in [5.74, 6) is -1.32. The van der Waals surface area contributed by atoms with Crippen molar-refractivity contribution < 1.29 is 27.4 Å². The average Bonchev–Trinajstić information content (AvgIpc) is 3.00. The molecule has 0 atom stereocenters. The van der Waals surface area contributed by atoms with Gasteiger partial charge in [0.1, 0.15) is 5.75 Å². The molecule has 0 saturated carbocycles. The molecule has 0 amide bonds. The molecule has 10 heteroatoms. The summed E-state index contributed by atoms with van der Waals surface area (Å²) in [7, 11) is 1.29.